The molecule has 3 nitrogen and oxygen atoms in total. The first-order valence-corrected chi connectivity index (χ1v) is 7.45. The molecule has 0 aliphatic heterocycles. The van der Waals surface area contributed by atoms with Crippen molar-refractivity contribution < 1.29 is 4.79 Å². The fraction of sp³-hybridized carbons (Fsp3) is 0.571. The Morgan fingerprint density at radius 2 is 2.22 bits per heavy atom. The molecule has 1 fully saturated rings. The summed E-state index contributed by atoms with van der Waals surface area (Å²) >= 11 is 3.29. The molecule has 1 aromatic heterocycles. The SMILES string of the molecule is O=C(NCCCC1CCCC1)c1cccnc1Br. The normalized spacial score (nSPS) is 15.8. The van der Waals surface area contributed by atoms with Crippen molar-refractivity contribution >= 4 is 21.8 Å². The van der Waals surface area contributed by atoms with Gasteiger partial charge < -0.3 is 5.32 Å². The van der Waals surface area contributed by atoms with E-state index in [1.165, 1.54) is 32.1 Å². The quantitative estimate of drug-likeness (QED) is 0.667. The number of pyridine rings is 1. The van der Waals surface area contributed by atoms with Crippen LogP contribution in [0.25, 0.3) is 0 Å². The number of carbonyl (C=O) groups is 1. The average Bonchev–Trinajstić information content (AvgIpc) is 2.88. The molecule has 0 spiro atoms. The van der Waals surface area contributed by atoms with Crippen LogP contribution in [0.2, 0.25) is 0 Å². The van der Waals surface area contributed by atoms with Gasteiger partial charge in [-0.05, 0) is 46.8 Å². The van der Waals surface area contributed by atoms with Crippen LogP contribution in [0.15, 0.2) is 22.9 Å². The molecule has 1 saturated carbocycles. The largest absolute Gasteiger partial charge is 0.352 e. The molecule has 0 unspecified atom stereocenters. The molecule has 1 aliphatic carbocycles. The molecule has 0 atom stereocenters. The number of aromatic nitrogens is 1. The molecule has 2 rings (SSSR count). The van der Waals surface area contributed by atoms with Gasteiger partial charge in [-0.15, -0.1) is 0 Å². The van der Waals surface area contributed by atoms with Crippen molar-refractivity contribution in [1.82, 2.24) is 10.3 Å². The van der Waals surface area contributed by atoms with E-state index >= 15 is 0 Å². The molecule has 1 amide bonds. The van der Waals surface area contributed by atoms with Crippen molar-refractivity contribution in [3.63, 3.8) is 0 Å². The zero-order chi connectivity index (χ0) is 12.8. The molecule has 1 aromatic rings. The van der Waals surface area contributed by atoms with E-state index in [0.717, 1.165) is 18.9 Å². The van der Waals surface area contributed by atoms with Crippen LogP contribution in [0.1, 0.15) is 48.9 Å². The molecule has 0 aromatic carbocycles. The van der Waals surface area contributed by atoms with Gasteiger partial charge in [-0.3, -0.25) is 4.79 Å². The Hall–Kier alpha value is -0.900. The Bertz CT molecular complexity index is 403. The lowest BCUT2D eigenvalue weighted by Crippen LogP contribution is -2.25. The van der Waals surface area contributed by atoms with Crippen LogP contribution in [0.5, 0.6) is 0 Å². The molecule has 4 heteroatoms. The van der Waals surface area contributed by atoms with E-state index < -0.39 is 0 Å². The zero-order valence-electron chi connectivity index (χ0n) is 10.5. The van der Waals surface area contributed by atoms with Crippen molar-refractivity contribution in [3.05, 3.63) is 28.5 Å². The van der Waals surface area contributed by atoms with Gasteiger partial charge in [0.1, 0.15) is 4.60 Å². The molecule has 0 bridgehead atoms. The van der Waals surface area contributed by atoms with Crippen molar-refractivity contribution in [3.8, 4) is 0 Å². The first kappa shape index (κ1) is 13.5. The maximum absolute atomic E-state index is 11.9. The second-order valence-corrected chi connectivity index (χ2v) is 5.64. The van der Waals surface area contributed by atoms with Gasteiger partial charge in [-0.1, -0.05) is 25.7 Å². The van der Waals surface area contributed by atoms with Crippen molar-refractivity contribution in [2.75, 3.05) is 6.54 Å². The van der Waals surface area contributed by atoms with Crippen LogP contribution in [0.4, 0.5) is 0 Å². The highest BCUT2D eigenvalue weighted by Crippen LogP contribution is 2.28. The minimum absolute atomic E-state index is 0.0404. The lowest BCUT2D eigenvalue weighted by Gasteiger charge is -2.09. The van der Waals surface area contributed by atoms with Crippen LogP contribution in [0.3, 0.4) is 0 Å². The second-order valence-electron chi connectivity index (χ2n) is 4.89. The number of amides is 1. The van der Waals surface area contributed by atoms with Crippen LogP contribution in [-0.2, 0) is 0 Å². The predicted molar refractivity (Wildman–Crippen MR) is 75.5 cm³/mol. The maximum Gasteiger partial charge on any atom is 0.254 e. The monoisotopic (exact) mass is 310 g/mol. The van der Waals surface area contributed by atoms with Gasteiger partial charge in [0.15, 0.2) is 0 Å². The molecule has 18 heavy (non-hydrogen) atoms. The van der Waals surface area contributed by atoms with Gasteiger partial charge >= 0.3 is 0 Å². The summed E-state index contributed by atoms with van der Waals surface area (Å²) in [6, 6.07) is 3.56. The van der Waals surface area contributed by atoms with Gasteiger partial charge in [0.05, 0.1) is 5.56 Å². The van der Waals surface area contributed by atoms with Crippen molar-refractivity contribution in [2.24, 2.45) is 5.92 Å². The first-order chi connectivity index (χ1) is 8.77. The number of nitrogens with one attached hydrogen (secondary N) is 1. The van der Waals surface area contributed by atoms with Crippen LogP contribution in [0, 0.1) is 5.92 Å². The topological polar surface area (TPSA) is 42.0 Å². The maximum atomic E-state index is 11.9. The fourth-order valence-corrected chi connectivity index (χ4v) is 2.97. The summed E-state index contributed by atoms with van der Waals surface area (Å²) in [5, 5.41) is 2.95. The van der Waals surface area contributed by atoms with E-state index in [0.29, 0.717) is 10.2 Å². The van der Waals surface area contributed by atoms with E-state index in [2.05, 4.69) is 26.2 Å². The zero-order valence-corrected chi connectivity index (χ0v) is 12.1. The smallest absolute Gasteiger partial charge is 0.254 e. The highest BCUT2D eigenvalue weighted by atomic mass is 79.9. The molecule has 98 valence electrons. The van der Waals surface area contributed by atoms with E-state index in [1.54, 1.807) is 18.3 Å². The van der Waals surface area contributed by atoms with E-state index in [9.17, 15) is 4.79 Å². The molecule has 1 aliphatic rings. The summed E-state index contributed by atoms with van der Waals surface area (Å²) in [7, 11) is 0. The Labute approximate surface area is 117 Å². The molecular weight excluding hydrogens is 292 g/mol. The molecule has 1 N–H and O–H groups in total. The van der Waals surface area contributed by atoms with Crippen molar-refractivity contribution in [1.29, 1.82) is 0 Å². The van der Waals surface area contributed by atoms with Gasteiger partial charge in [0, 0.05) is 12.7 Å². The minimum atomic E-state index is -0.0404. The summed E-state index contributed by atoms with van der Waals surface area (Å²) in [4.78, 5) is 15.9. The van der Waals surface area contributed by atoms with Gasteiger partial charge in [0.25, 0.3) is 5.91 Å². The Balaban J connectivity index is 1.70. The molecule has 0 radical (unpaired) electrons. The van der Waals surface area contributed by atoms with Crippen LogP contribution < -0.4 is 5.32 Å². The number of hydrogen-bond acceptors (Lipinski definition) is 2. The summed E-state index contributed by atoms with van der Waals surface area (Å²) < 4.78 is 0.610. The van der Waals surface area contributed by atoms with E-state index in [-0.39, 0.29) is 5.91 Å². The third-order valence-corrected chi connectivity index (χ3v) is 4.19. The number of hydrogen-bond donors (Lipinski definition) is 1. The third-order valence-electron chi connectivity index (χ3n) is 3.55. The highest BCUT2D eigenvalue weighted by Gasteiger charge is 2.14. The number of carbonyl (C=O) groups excluding carboxylic acids is 1. The number of nitrogens with zero attached hydrogens (tertiary/aromatic N) is 1. The lowest BCUT2D eigenvalue weighted by atomic mass is 10.0. The predicted octanol–water partition coefficient (Wildman–Crippen LogP) is 3.54. The molecule has 1 heterocycles. The first-order valence-electron chi connectivity index (χ1n) is 6.66. The fourth-order valence-electron chi connectivity index (χ4n) is 2.54. The summed E-state index contributed by atoms with van der Waals surface area (Å²) in [6.07, 6.45) is 9.52. The second kappa shape index (κ2) is 6.88. The standard InChI is InChI=1S/C14H19BrN2O/c15-13-12(8-4-9-16-13)14(18)17-10-3-7-11-5-1-2-6-11/h4,8-9,11H,1-3,5-7,10H2,(H,17,18). The van der Waals surface area contributed by atoms with Crippen LogP contribution in [-0.4, -0.2) is 17.4 Å². The number of halogens is 1. The van der Waals surface area contributed by atoms with Crippen molar-refractivity contribution in [2.45, 2.75) is 38.5 Å². The van der Waals surface area contributed by atoms with Gasteiger partial charge in [-0.25, -0.2) is 4.98 Å². The molecule has 0 saturated heterocycles. The summed E-state index contributed by atoms with van der Waals surface area (Å²) in [6.45, 7) is 0.761. The lowest BCUT2D eigenvalue weighted by molar-refractivity contribution is 0.0951. The van der Waals surface area contributed by atoms with Gasteiger partial charge in [-0.2, -0.15) is 0 Å². The Morgan fingerprint density at radius 1 is 1.44 bits per heavy atom. The average molecular weight is 311 g/mol. The Kier molecular flexibility index (Phi) is 5.17. The van der Waals surface area contributed by atoms with Crippen LogP contribution >= 0.6 is 15.9 Å². The van der Waals surface area contributed by atoms with Gasteiger partial charge in [0.2, 0.25) is 0 Å². The number of rotatable bonds is 5. The summed E-state index contributed by atoms with van der Waals surface area (Å²) in [5.74, 6) is 0.855. The third kappa shape index (κ3) is 3.80. The van der Waals surface area contributed by atoms with E-state index in [1.807, 2.05) is 0 Å². The molecular formula is C14H19BrN2O. The highest BCUT2D eigenvalue weighted by molar-refractivity contribution is 9.10. The summed E-state index contributed by atoms with van der Waals surface area (Å²) in [5.41, 5.74) is 0.610. The minimum Gasteiger partial charge on any atom is -0.352 e. The van der Waals surface area contributed by atoms with E-state index in [4.69, 9.17) is 0 Å². The Morgan fingerprint density at radius 3 is 2.94 bits per heavy atom.